The molecule has 0 saturated heterocycles. The van der Waals surface area contributed by atoms with Gasteiger partial charge in [0.2, 0.25) is 11.1 Å². The van der Waals surface area contributed by atoms with Crippen molar-refractivity contribution in [2.75, 3.05) is 26.0 Å². The second-order valence-corrected chi connectivity index (χ2v) is 5.46. The zero-order chi connectivity index (χ0) is 15.9. The molecule has 1 heterocycles. The molecule has 0 fully saturated rings. The Morgan fingerprint density at radius 3 is 2.73 bits per heavy atom. The number of ether oxygens (including phenoxy) is 1. The predicted molar refractivity (Wildman–Crippen MR) is 87.0 cm³/mol. The lowest BCUT2D eigenvalue weighted by molar-refractivity contribution is -0.127. The Labute approximate surface area is 134 Å². The second-order valence-electron chi connectivity index (χ2n) is 4.52. The maximum atomic E-state index is 12.0. The molecule has 1 aromatic carbocycles. The number of H-pyrrole nitrogens is 1. The third kappa shape index (κ3) is 3.79. The van der Waals surface area contributed by atoms with E-state index in [1.807, 2.05) is 38.1 Å². The number of hydrogen-bond donors (Lipinski definition) is 1. The maximum Gasteiger partial charge on any atom is 0.233 e. The van der Waals surface area contributed by atoms with E-state index in [9.17, 15) is 4.79 Å². The van der Waals surface area contributed by atoms with Gasteiger partial charge in [0.1, 0.15) is 5.75 Å². The highest BCUT2D eigenvalue weighted by Crippen LogP contribution is 2.27. The van der Waals surface area contributed by atoms with Gasteiger partial charge in [0.15, 0.2) is 5.82 Å². The number of hydrogen-bond acceptors (Lipinski definition) is 5. The number of aromatic amines is 1. The fraction of sp³-hybridized carbons (Fsp3) is 0.400. The lowest BCUT2D eigenvalue weighted by Crippen LogP contribution is -2.31. The largest absolute Gasteiger partial charge is 0.496 e. The van der Waals surface area contributed by atoms with E-state index in [2.05, 4.69) is 15.2 Å². The van der Waals surface area contributed by atoms with Gasteiger partial charge in [0.05, 0.1) is 18.4 Å². The second kappa shape index (κ2) is 7.84. The number of methoxy groups -OCH3 is 1. The third-order valence-corrected chi connectivity index (χ3v) is 4.10. The van der Waals surface area contributed by atoms with Crippen LogP contribution < -0.4 is 4.74 Å². The van der Waals surface area contributed by atoms with E-state index < -0.39 is 0 Å². The van der Waals surface area contributed by atoms with Crippen molar-refractivity contribution in [1.82, 2.24) is 20.1 Å². The van der Waals surface area contributed by atoms with Crippen molar-refractivity contribution in [3.63, 3.8) is 0 Å². The molecule has 0 aliphatic rings. The number of carbonyl (C=O) groups excluding carboxylic acids is 1. The highest BCUT2D eigenvalue weighted by molar-refractivity contribution is 7.99. The number of thioether (sulfide) groups is 1. The fourth-order valence-electron chi connectivity index (χ4n) is 2.07. The van der Waals surface area contributed by atoms with Gasteiger partial charge in [-0.15, -0.1) is 5.10 Å². The molecule has 0 unspecified atom stereocenters. The van der Waals surface area contributed by atoms with Gasteiger partial charge in [-0.25, -0.2) is 4.98 Å². The van der Waals surface area contributed by atoms with E-state index >= 15 is 0 Å². The zero-order valence-corrected chi connectivity index (χ0v) is 13.8. The molecule has 0 saturated carbocycles. The lowest BCUT2D eigenvalue weighted by Gasteiger charge is -2.17. The molecule has 6 nitrogen and oxygen atoms in total. The molecule has 0 aliphatic carbocycles. The Balaban J connectivity index is 2.04. The monoisotopic (exact) mass is 320 g/mol. The Morgan fingerprint density at radius 1 is 1.32 bits per heavy atom. The van der Waals surface area contributed by atoms with Gasteiger partial charge in [-0.05, 0) is 26.0 Å². The van der Waals surface area contributed by atoms with Crippen molar-refractivity contribution in [2.24, 2.45) is 0 Å². The molecule has 118 valence electrons. The summed E-state index contributed by atoms with van der Waals surface area (Å²) in [6.45, 7) is 5.38. The average molecular weight is 320 g/mol. The van der Waals surface area contributed by atoms with E-state index in [0.717, 1.165) is 24.4 Å². The van der Waals surface area contributed by atoms with Crippen LogP contribution in [0, 0.1) is 0 Å². The van der Waals surface area contributed by atoms with E-state index in [1.165, 1.54) is 11.8 Å². The van der Waals surface area contributed by atoms with Crippen molar-refractivity contribution in [2.45, 2.75) is 19.0 Å². The SMILES string of the molecule is CCN(CC)C(=O)CSc1n[nH]c(-c2ccccc2OC)n1. The Kier molecular flexibility index (Phi) is 5.83. The summed E-state index contributed by atoms with van der Waals surface area (Å²) in [6, 6.07) is 7.59. The van der Waals surface area contributed by atoms with Crippen molar-refractivity contribution >= 4 is 17.7 Å². The molecule has 0 bridgehead atoms. The summed E-state index contributed by atoms with van der Waals surface area (Å²) in [6.07, 6.45) is 0. The number of nitrogens with one attached hydrogen (secondary N) is 1. The number of carbonyl (C=O) groups is 1. The number of aromatic nitrogens is 3. The van der Waals surface area contributed by atoms with Crippen molar-refractivity contribution < 1.29 is 9.53 Å². The number of amides is 1. The summed E-state index contributed by atoms with van der Waals surface area (Å²) in [7, 11) is 1.62. The van der Waals surface area contributed by atoms with Crippen LogP contribution in [0.3, 0.4) is 0 Å². The van der Waals surface area contributed by atoms with Crippen LogP contribution in [-0.4, -0.2) is 51.9 Å². The smallest absolute Gasteiger partial charge is 0.233 e. The van der Waals surface area contributed by atoms with E-state index in [-0.39, 0.29) is 5.91 Å². The minimum Gasteiger partial charge on any atom is -0.496 e. The Morgan fingerprint density at radius 2 is 2.05 bits per heavy atom. The van der Waals surface area contributed by atoms with Crippen LogP contribution in [0.25, 0.3) is 11.4 Å². The molecule has 2 rings (SSSR count). The molecule has 1 amide bonds. The van der Waals surface area contributed by atoms with Gasteiger partial charge in [0, 0.05) is 13.1 Å². The molecule has 0 aliphatic heterocycles. The third-order valence-electron chi connectivity index (χ3n) is 3.27. The first kappa shape index (κ1) is 16.4. The number of para-hydroxylation sites is 1. The van der Waals surface area contributed by atoms with Gasteiger partial charge in [0.25, 0.3) is 0 Å². The van der Waals surface area contributed by atoms with Crippen molar-refractivity contribution in [1.29, 1.82) is 0 Å². The normalized spacial score (nSPS) is 10.5. The van der Waals surface area contributed by atoms with Crippen LogP contribution in [0.5, 0.6) is 5.75 Å². The zero-order valence-electron chi connectivity index (χ0n) is 13.0. The van der Waals surface area contributed by atoms with Gasteiger partial charge in [-0.3, -0.25) is 9.89 Å². The van der Waals surface area contributed by atoms with Gasteiger partial charge in [-0.2, -0.15) is 0 Å². The van der Waals surface area contributed by atoms with Gasteiger partial charge < -0.3 is 9.64 Å². The Bertz CT molecular complexity index is 626. The van der Waals surface area contributed by atoms with Crippen molar-refractivity contribution in [3.8, 4) is 17.1 Å². The summed E-state index contributed by atoms with van der Waals surface area (Å²) < 4.78 is 5.31. The minimum absolute atomic E-state index is 0.0960. The highest BCUT2D eigenvalue weighted by Gasteiger charge is 2.14. The first-order valence-electron chi connectivity index (χ1n) is 7.15. The summed E-state index contributed by atoms with van der Waals surface area (Å²) in [5.41, 5.74) is 0.847. The molecule has 2 aromatic rings. The van der Waals surface area contributed by atoms with Crippen LogP contribution >= 0.6 is 11.8 Å². The van der Waals surface area contributed by atoms with Gasteiger partial charge in [-0.1, -0.05) is 23.9 Å². The molecular weight excluding hydrogens is 300 g/mol. The molecule has 0 spiro atoms. The van der Waals surface area contributed by atoms with E-state index in [0.29, 0.717) is 16.7 Å². The standard InChI is InChI=1S/C15H20N4O2S/c1-4-19(5-2)13(20)10-22-15-16-14(17-18-15)11-8-6-7-9-12(11)21-3/h6-9H,4-5,10H2,1-3H3,(H,16,17,18). The van der Waals surface area contributed by atoms with E-state index in [1.54, 1.807) is 12.0 Å². The van der Waals surface area contributed by atoms with Crippen molar-refractivity contribution in [3.05, 3.63) is 24.3 Å². The lowest BCUT2D eigenvalue weighted by atomic mass is 10.2. The molecule has 1 N–H and O–H groups in total. The Hall–Kier alpha value is -2.02. The van der Waals surface area contributed by atoms with Crippen LogP contribution in [0.4, 0.5) is 0 Å². The first-order chi connectivity index (χ1) is 10.7. The fourth-order valence-corrected chi connectivity index (χ4v) is 2.77. The number of rotatable bonds is 7. The molecule has 0 atom stereocenters. The first-order valence-corrected chi connectivity index (χ1v) is 8.14. The molecule has 22 heavy (non-hydrogen) atoms. The summed E-state index contributed by atoms with van der Waals surface area (Å²) >= 11 is 1.33. The minimum atomic E-state index is 0.0960. The maximum absolute atomic E-state index is 12.0. The molecule has 0 radical (unpaired) electrons. The average Bonchev–Trinajstić information content (AvgIpc) is 3.02. The highest BCUT2D eigenvalue weighted by atomic mass is 32.2. The number of benzene rings is 1. The topological polar surface area (TPSA) is 71.1 Å². The summed E-state index contributed by atoms with van der Waals surface area (Å²) in [5, 5.41) is 7.60. The van der Waals surface area contributed by atoms with Crippen LogP contribution in [0.2, 0.25) is 0 Å². The number of nitrogens with zero attached hydrogens (tertiary/aromatic N) is 3. The van der Waals surface area contributed by atoms with Gasteiger partial charge >= 0.3 is 0 Å². The molecule has 7 heteroatoms. The molecular formula is C15H20N4O2S. The predicted octanol–water partition coefficient (Wildman–Crippen LogP) is 2.44. The summed E-state index contributed by atoms with van der Waals surface area (Å²) in [5.74, 6) is 1.80. The molecule has 1 aromatic heterocycles. The van der Waals surface area contributed by atoms with Crippen LogP contribution in [-0.2, 0) is 4.79 Å². The van der Waals surface area contributed by atoms with Crippen LogP contribution in [0.15, 0.2) is 29.4 Å². The van der Waals surface area contributed by atoms with E-state index in [4.69, 9.17) is 4.74 Å². The summed E-state index contributed by atoms with van der Waals surface area (Å²) in [4.78, 5) is 18.2. The van der Waals surface area contributed by atoms with Crippen LogP contribution in [0.1, 0.15) is 13.8 Å². The quantitative estimate of drug-likeness (QED) is 0.793.